The average molecular weight is 292 g/mol. The molecule has 0 bridgehead atoms. The van der Waals surface area contributed by atoms with E-state index >= 15 is 0 Å². The molecule has 2 N–H and O–H groups in total. The minimum Gasteiger partial charge on any atom is -0.480 e. The molecule has 0 aromatic heterocycles. The summed E-state index contributed by atoms with van der Waals surface area (Å²) in [4.78, 5) is 25.0. The van der Waals surface area contributed by atoms with Crippen LogP contribution in [0.15, 0.2) is 30.3 Å². The number of aryl methyl sites for hydroxylation is 1. The van der Waals surface area contributed by atoms with E-state index < -0.39 is 12.0 Å². The SMILES string of the molecule is CCCN(CC)C(=O)NC(CCc1ccccc1)C(=O)O. The predicted octanol–water partition coefficient (Wildman–Crippen LogP) is 2.51. The van der Waals surface area contributed by atoms with Crippen LogP contribution in [0, 0.1) is 0 Å². The van der Waals surface area contributed by atoms with Crippen LogP contribution in [0.1, 0.15) is 32.3 Å². The molecule has 21 heavy (non-hydrogen) atoms. The first-order valence-electron chi connectivity index (χ1n) is 7.40. The molecule has 116 valence electrons. The predicted molar refractivity (Wildman–Crippen MR) is 82.3 cm³/mol. The minimum atomic E-state index is -0.994. The van der Waals surface area contributed by atoms with Gasteiger partial charge in [-0.2, -0.15) is 0 Å². The minimum absolute atomic E-state index is 0.306. The van der Waals surface area contributed by atoms with Gasteiger partial charge in [0, 0.05) is 13.1 Å². The summed E-state index contributed by atoms with van der Waals surface area (Å²) in [5, 5.41) is 11.9. The van der Waals surface area contributed by atoms with Gasteiger partial charge in [-0.25, -0.2) is 9.59 Å². The van der Waals surface area contributed by atoms with Crippen molar-refractivity contribution in [1.82, 2.24) is 10.2 Å². The van der Waals surface area contributed by atoms with Gasteiger partial charge >= 0.3 is 12.0 Å². The molecule has 0 spiro atoms. The Kier molecular flexibility index (Phi) is 7.29. The van der Waals surface area contributed by atoms with Crippen LogP contribution in [0.4, 0.5) is 4.79 Å². The number of rotatable bonds is 8. The number of carbonyl (C=O) groups is 2. The van der Waals surface area contributed by atoms with Crippen molar-refractivity contribution >= 4 is 12.0 Å². The van der Waals surface area contributed by atoms with Crippen molar-refractivity contribution in [1.29, 1.82) is 0 Å². The second kappa shape index (κ2) is 9.00. The second-order valence-electron chi connectivity index (χ2n) is 4.94. The topological polar surface area (TPSA) is 69.6 Å². The zero-order valence-corrected chi connectivity index (χ0v) is 12.7. The second-order valence-corrected chi connectivity index (χ2v) is 4.94. The highest BCUT2D eigenvalue weighted by Gasteiger charge is 2.22. The highest BCUT2D eigenvalue weighted by molar-refractivity contribution is 5.82. The van der Waals surface area contributed by atoms with Crippen molar-refractivity contribution in [2.75, 3.05) is 13.1 Å². The van der Waals surface area contributed by atoms with Crippen molar-refractivity contribution < 1.29 is 14.7 Å². The summed E-state index contributed by atoms with van der Waals surface area (Å²) in [6.07, 6.45) is 1.86. The van der Waals surface area contributed by atoms with Gasteiger partial charge in [-0.3, -0.25) is 0 Å². The van der Waals surface area contributed by atoms with Gasteiger partial charge in [-0.15, -0.1) is 0 Å². The summed E-state index contributed by atoms with van der Waals surface area (Å²) in [5.41, 5.74) is 1.07. The smallest absolute Gasteiger partial charge is 0.326 e. The summed E-state index contributed by atoms with van der Waals surface area (Å²) < 4.78 is 0. The number of urea groups is 1. The largest absolute Gasteiger partial charge is 0.480 e. The summed E-state index contributed by atoms with van der Waals surface area (Å²) >= 11 is 0. The number of nitrogens with one attached hydrogen (secondary N) is 1. The van der Waals surface area contributed by atoms with Crippen LogP contribution in [0.3, 0.4) is 0 Å². The quantitative estimate of drug-likeness (QED) is 0.773. The van der Waals surface area contributed by atoms with Crippen LogP contribution in [0.5, 0.6) is 0 Å². The number of benzene rings is 1. The number of hydrogen-bond acceptors (Lipinski definition) is 2. The monoisotopic (exact) mass is 292 g/mol. The number of carbonyl (C=O) groups excluding carboxylic acids is 1. The summed E-state index contributed by atoms with van der Waals surface area (Å²) in [6.45, 7) is 5.08. The van der Waals surface area contributed by atoms with Crippen LogP contribution in [0.2, 0.25) is 0 Å². The molecule has 1 aromatic carbocycles. The molecule has 2 amide bonds. The molecular weight excluding hydrogens is 268 g/mol. The lowest BCUT2D eigenvalue weighted by molar-refractivity contribution is -0.139. The number of hydrogen-bond donors (Lipinski definition) is 2. The van der Waals surface area contributed by atoms with E-state index in [-0.39, 0.29) is 6.03 Å². The number of carboxylic acids is 1. The zero-order valence-electron chi connectivity index (χ0n) is 12.7. The van der Waals surface area contributed by atoms with E-state index in [2.05, 4.69) is 5.32 Å². The molecule has 1 atom stereocenters. The Morgan fingerprint density at radius 2 is 1.90 bits per heavy atom. The van der Waals surface area contributed by atoms with Crippen molar-refractivity contribution in [2.24, 2.45) is 0 Å². The van der Waals surface area contributed by atoms with E-state index in [0.717, 1.165) is 12.0 Å². The molecule has 0 aliphatic carbocycles. The van der Waals surface area contributed by atoms with Gasteiger partial charge in [-0.1, -0.05) is 37.3 Å². The molecule has 0 radical (unpaired) electrons. The Morgan fingerprint density at radius 1 is 1.24 bits per heavy atom. The molecule has 0 aliphatic rings. The van der Waals surface area contributed by atoms with Crippen LogP contribution >= 0.6 is 0 Å². The van der Waals surface area contributed by atoms with Crippen molar-refractivity contribution in [3.05, 3.63) is 35.9 Å². The van der Waals surface area contributed by atoms with E-state index in [1.54, 1.807) is 4.90 Å². The molecular formula is C16H24N2O3. The zero-order chi connectivity index (χ0) is 15.7. The van der Waals surface area contributed by atoms with E-state index in [1.165, 1.54) is 0 Å². The van der Waals surface area contributed by atoms with Crippen molar-refractivity contribution in [3.8, 4) is 0 Å². The maximum Gasteiger partial charge on any atom is 0.326 e. The fourth-order valence-corrected chi connectivity index (χ4v) is 2.13. The number of amides is 2. The van der Waals surface area contributed by atoms with E-state index in [9.17, 15) is 14.7 Å². The highest BCUT2D eigenvalue weighted by atomic mass is 16.4. The van der Waals surface area contributed by atoms with E-state index in [1.807, 2.05) is 44.2 Å². The van der Waals surface area contributed by atoms with Crippen LogP contribution in [-0.4, -0.2) is 41.1 Å². The van der Waals surface area contributed by atoms with Crippen LogP contribution in [-0.2, 0) is 11.2 Å². The lowest BCUT2D eigenvalue weighted by Crippen LogP contribution is -2.48. The maximum atomic E-state index is 12.0. The molecule has 1 aromatic rings. The highest BCUT2D eigenvalue weighted by Crippen LogP contribution is 2.06. The Labute approximate surface area is 126 Å². The molecule has 1 unspecified atom stereocenters. The third kappa shape index (κ3) is 5.85. The van der Waals surface area contributed by atoms with Gasteiger partial charge in [0.05, 0.1) is 0 Å². The first-order valence-corrected chi connectivity index (χ1v) is 7.40. The molecule has 0 saturated carbocycles. The Balaban J connectivity index is 2.57. The number of carboxylic acid groups (broad SMARTS) is 1. The lowest BCUT2D eigenvalue weighted by atomic mass is 10.1. The van der Waals surface area contributed by atoms with E-state index in [0.29, 0.717) is 25.9 Å². The van der Waals surface area contributed by atoms with Gasteiger partial charge in [0.15, 0.2) is 0 Å². The molecule has 0 saturated heterocycles. The Morgan fingerprint density at radius 3 is 2.43 bits per heavy atom. The Bertz CT molecular complexity index is 448. The maximum absolute atomic E-state index is 12.0. The van der Waals surface area contributed by atoms with Gasteiger partial charge < -0.3 is 15.3 Å². The Hall–Kier alpha value is -2.04. The standard InChI is InChI=1S/C16H24N2O3/c1-3-12-18(4-2)16(21)17-14(15(19)20)11-10-13-8-6-5-7-9-13/h5-9,14H,3-4,10-12H2,1-2H3,(H,17,21)(H,19,20). The van der Waals surface area contributed by atoms with Gasteiger partial charge in [0.25, 0.3) is 0 Å². The van der Waals surface area contributed by atoms with Crippen molar-refractivity contribution in [2.45, 2.75) is 39.2 Å². The fraction of sp³-hybridized carbons (Fsp3) is 0.500. The van der Waals surface area contributed by atoms with Crippen LogP contribution in [0.25, 0.3) is 0 Å². The first kappa shape index (κ1) is 17.0. The number of aliphatic carboxylic acids is 1. The molecule has 5 nitrogen and oxygen atoms in total. The summed E-state index contributed by atoms with van der Waals surface area (Å²) in [5.74, 6) is -0.994. The van der Waals surface area contributed by atoms with Gasteiger partial charge in [-0.05, 0) is 31.7 Å². The molecule has 0 fully saturated rings. The molecule has 0 aliphatic heterocycles. The third-order valence-corrected chi connectivity index (χ3v) is 3.32. The van der Waals surface area contributed by atoms with Gasteiger partial charge in [0.2, 0.25) is 0 Å². The number of nitrogens with zero attached hydrogens (tertiary/aromatic N) is 1. The first-order chi connectivity index (χ1) is 10.1. The summed E-state index contributed by atoms with van der Waals surface area (Å²) in [6, 6.07) is 8.51. The third-order valence-electron chi connectivity index (χ3n) is 3.32. The normalized spacial score (nSPS) is 11.7. The van der Waals surface area contributed by atoms with Crippen LogP contribution < -0.4 is 5.32 Å². The molecule has 5 heteroatoms. The summed E-state index contributed by atoms with van der Waals surface area (Å²) in [7, 11) is 0. The molecule has 0 heterocycles. The molecule has 1 rings (SSSR count). The van der Waals surface area contributed by atoms with E-state index in [4.69, 9.17) is 0 Å². The van der Waals surface area contributed by atoms with Crippen molar-refractivity contribution in [3.63, 3.8) is 0 Å². The average Bonchev–Trinajstić information content (AvgIpc) is 2.49. The van der Waals surface area contributed by atoms with Gasteiger partial charge in [0.1, 0.15) is 6.04 Å². The fourth-order valence-electron chi connectivity index (χ4n) is 2.13. The lowest BCUT2D eigenvalue weighted by Gasteiger charge is -2.23.